The molecule has 0 aliphatic carbocycles. The van der Waals surface area contributed by atoms with Gasteiger partial charge in [0.05, 0.1) is 0 Å². The van der Waals surface area contributed by atoms with Crippen molar-refractivity contribution < 1.29 is 4.79 Å². The molecule has 21 heavy (non-hydrogen) atoms. The zero-order chi connectivity index (χ0) is 15.4. The van der Waals surface area contributed by atoms with E-state index in [-0.39, 0.29) is 0 Å². The van der Waals surface area contributed by atoms with E-state index in [2.05, 4.69) is 5.32 Å². The van der Waals surface area contributed by atoms with Crippen LogP contribution in [0.25, 0.3) is 0 Å². The lowest BCUT2D eigenvalue weighted by atomic mass is 10.1. The highest BCUT2D eigenvalue weighted by Gasteiger charge is 2.11. The number of carbonyl (C=O) groups excluding carboxylic acids is 1. The number of anilines is 2. The van der Waals surface area contributed by atoms with Gasteiger partial charge < -0.3 is 16.8 Å². The summed E-state index contributed by atoms with van der Waals surface area (Å²) >= 11 is 6.71. The second-order valence-corrected chi connectivity index (χ2v) is 5.61. The van der Waals surface area contributed by atoms with Crippen LogP contribution in [0, 0.1) is 0 Å². The van der Waals surface area contributed by atoms with Gasteiger partial charge in [-0.15, -0.1) is 11.8 Å². The molecule has 1 amide bonds. The lowest BCUT2D eigenvalue weighted by molar-refractivity contribution is 0.100. The van der Waals surface area contributed by atoms with Crippen molar-refractivity contribution >= 4 is 46.3 Å². The Balaban J connectivity index is 2.42. The summed E-state index contributed by atoms with van der Waals surface area (Å²) in [6, 6.07) is 12.8. The molecule has 0 aromatic heterocycles. The number of hydrogen-bond donors (Lipinski definition) is 3. The number of carbonyl (C=O) groups is 1. The third kappa shape index (κ3) is 3.53. The maximum Gasteiger partial charge on any atom is 0.248 e. The van der Waals surface area contributed by atoms with Crippen LogP contribution in [0.3, 0.4) is 0 Å². The van der Waals surface area contributed by atoms with Crippen molar-refractivity contribution in [2.45, 2.75) is 4.90 Å². The predicted octanol–water partition coefficient (Wildman–Crippen LogP) is 2.89. The van der Waals surface area contributed by atoms with Gasteiger partial charge in [-0.1, -0.05) is 24.4 Å². The molecule has 0 aliphatic heterocycles. The summed E-state index contributed by atoms with van der Waals surface area (Å²) in [6.45, 7) is 0. The molecule has 0 atom stereocenters. The van der Waals surface area contributed by atoms with Crippen molar-refractivity contribution in [1.29, 1.82) is 0 Å². The molecule has 6 heteroatoms. The number of nitrogens with one attached hydrogen (secondary N) is 1. The van der Waals surface area contributed by atoms with Gasteiger partial charge in [0.1, 0.15) is 4.99 Å². The SMILES string of the molecule is CSc1cccc(Nc2cccc(C(N)=O)c2)c1C(N)=S. The average molecular weight is 317 g/mol. The van der Waals surface area contributed by atoms with Crippen LogP contribution < -0.4 is 16.8 Å². The van der Waals surface area contributed by atoms with Crippen LogP contribution in [-0.2, 0) is 0 Å². The summed E-state index contributed by atoms with van der Waals surface area (Å²) in [5.74, 6) is -0.467. The van der Waals surface area contributed by atoms with Crippen molar-refractivity contribution in [3.63, 3.8) is 0 Å². The van der Waals surface area contributed by atoms with Crippen LogP contribution >= 0.6 is 24.0 Å². The first-order valence-corrected chi connectivity index (χ1v) is 7.80. The van der Waals surface area contributed by atoms with Gasteiger partial charge in [-0.05, 0) is 36.6 Å². The summed E-state index contributed by atoms with van der Waals surface area (Å²) in [6.07, 6.45) is 1.97. The highest BCUT2D eigenvalue weighted by Crippen LogP contribution is 2.29. The standard InChI is InChI=1S/C15H15N3OS2/c1-21-12-7-3-6-11(13(12)15(17)20)18-10-5-2-4-9(8-10)14(16)19/h2-8,18H,1H3,(H2,16,19)(H2,17,20). The van der Waals surface area contributed by atoms with Crippen LogP contribution in [-0.4, -0.2) is 17.2 Å². The largest absolute Gasteiger partial charge is 0.389 e. The van der Waals surface area contributed by atoms with Gasteiger partial charge in [0.15, 0.2) is 0 Å². The maximum atomic E-state index is 11.2. The molecular weight excluding hydrogens is 302 g/mol. The van der Waals surface area contributed by atoms with Gasteiger partial charge in [-0.2, -0.15) is 0 Å². The Morgan fingerprint density at radius 3 is 2.52 bits per heavy atom. The highest BCUT2D eigenvalue weighted by atomic mass is 32.2. The molecular formula is C15H15N3OS2. The van der Waals surface area contributed by atoms with Gasteiger partial charge in [-0.3, -0.25) is 4.79 Å². The van der Waals surface area contributed by atoms with Crippen LogP contribution in [0.2, 0.25) is 0 Å². The first-order valence-electron chi connectivity index (χ1n) is 6.16. The second kappa shape index (κ2) is 6.60. The number of benzene rings is 2. The minimum atomic E-state index is -0.467. The van der Waals surface area contributed by atoms with Crippen molar-refractivity contribution in [3.8, 4) is 0 Å². The highest BCUT2D eigenvalue weighted by molar-refractivity contribution is 7.98. The van der Waals surface area contributed by atoms with Gasteiger partial charge in [0, 0.05) is 27.4 Å². The van der Waals surface area contributed by atoms with E-state index in [4.69, 9.17) is 23.7 Å². The van der Waals surface area contributed by atoms with E-state index in [0.29, 0.717) is 10.6 Å². The van der Waals surface area contributed by atoms with E-state index in [1.807, 2.05) is 30.5 Å². The number of hydrogen-bond acceptors (Lipinski definition) is 4. The molecule has 0 unspecified atom stereocenters. The molecule has 0 fully saturated rings. The number of thiocarbonyl (C=S) groups is 1. The molecule has 0 spiro atoms. The lowest BCUT2D eigenvalue weighted by Crippen LogP contribution is -2.14. The Labute approximate surface area is 132 Å². The first kappa shape index (κ1) is 15.3. The van der Waals surface area contributed by atoms with Crippen molar-refractivity contribution in [1.82, 2.24) is 0 Å². The van der Waals surface area contributed by atoms with E-state index in [9.17, 15) is 4.79 Å². The Kier molecular flexibility index (Phi) is 4.82. The molecule has 4 nitrogen and oxygen atoms in total. The number of thioether (sulfide) groups is 1. The predicted molar refractivity (Wildman–Crippen MR) is 92.4 cm³/mol. The van der Waals surface area contributed by atoms with Crippen LogP contribution in [0.5, 0.6) is 0 Å². The number of primary amides is 1. The summed E-state index contributed by atoms with van der Waals surface area (Å²) in [5.41, 5.74) is 13.9. The zero-order valence-corrected chi connectivity index (χ0v) is 13.1. The summed E-state index contributed by atoms with van der Waals surface area (Å²) in [5, 5.41) is 3.24. The molecule has 0 aliphatic rings. The Hall–Kier alpha value is -2.05. The van der Waals surface area contributed by atoms with E-state index in [0.717, 1.165) is 21.8 Å². The topological polar surface area (TPSA) is 81.1 Å². The molecule has 5 N–H and O–H groups in total. The van der Waals surface area contributed by atoms with Gasteiger partial charge in [-0.25, -0.2) is 0 Å². The van der Waals surface area contributed by atoms with Gasteiger partial charge in [0.2, 0.25) is 5.91 Å². The third-order valence-corrected chi connectivity index (χ3v) is 3.90. The monoisotopic (exact) mass is 317 g/mol. The molecule has 0 heterocycles. The first-order chi connectivity index (χ1) is 10.0. The fraction of sp³-hybridized carbons (Fsp3) is 0.0667. The molecule has 0 radical (unpaired) electrons. The summed E-state index contributed by atoms with van der Waals surface area (Å²) in [4.78, 5) is 12.6. The summed E-state index contributed by atoms with van der Waals surface area (Å²) in [7, 11) is 0. The molecule has 0 bridgehead atoms. The number of nitrogens with two attached hydrogens (primary N) is 2. The minimum Gasteiger partial charge on any atom is -0.389 e. The number of amides is 1. The van der Waals surface area contributed by atoms with Crippen LogP contribution in [0.15, 0.2) is 47.4 Å². The molecule has 2 rings (SSSR count). The van der Waals surface area contributed by atoms with Crippen molar-refractivity contribution in [3.05, 3.63) is 53.6 Å². The quantitative estimate of drug-likeness (QED) is 0.583. The normalized spacial score (nSPS) is 10.1. The van der Waals surface area contributed by atoms with Crippen molar-refractivity contribution in [2.75, 3.05) is 11.6 Å². The third-order valence-electron chi connectivity index (χ3n) is 2.92. The molecule has 2 aromatic carbocycles. The van der Waals surface area contributed by atoms with E-state index in [1.54, 1.807) is 30.0 Å². The fourth-order valence-corrected chi connectivity index (χ4v) is 2.89. The molecule has 108 valence electrons. The van der Waals surface area contributed by atoms with E-state index in [1.165, 1.54) is 0 Å². The summed E-state index contributed by atoms with van der Waals surface area (Å²) < 4.78 is 0. The Morgan fingerprint density at radius 2 is 1.90 bits per heavy atom. The van der Waals surface area contributed by atoms with E-state index >= 15 is 0 Å². The van der Waals surface area contributed by atoms with Crippen LogP contribution in [0.4, 0.5) is 11.4 Å². The van der Waals surface area contributed by atoms with Crippen molar-refractivity contribution in [2.24, 2.45) is 11.5 Å². The fourth-order valence-electron chi connectivity index (χ4n) is 1.97. The Bertz CT molecular complexity index is 701. The molecule has 2 aromatic rings. The smallest absolute Gasteiger partial charge is 0.248 e. The molecule has 0 saturated carbocycles. The Morgan fingerprint density at radius 1 is 1.19 bits per heavy atom. The van der Waals surface area contributed by atoms with Gasteiger partial charge >= 0.3 is 0 Å². The molecule has 0 saturated heterocycles. The minimum absolute atomic E-state index is 0.327. The second-order valence-electron chi connectivity index (χ2n) is 4.32. The van der Waals surface area contributed by atoms with E-state index < -0.39 is 5.91 Å². The van der Waals surface area contributed by atoms with Crippen LogP contribution in [0.1, 0.15) is 15.9 Å². The zero-order valence-electron chi connectivity index (χ0n) is 11.4. The maximum absolute atomic E-state index is 11.2. The average Bonchev–Trinajstić information content (AvgIpc) is 2.46. The lowest BCUT2D eigenvalue weighted by Gasteiger charge is -2.14. The number of rotatable bonds is 5. The van der Waals surface area contributed by atoms with Gasteiger partial charge in [0.25, 0.3) is 0 Å².